The first-order chi connectivity index (χ1) is 10.2. The van der Waals surface area contributed by atoms with Crippen LogP contribution in [0.25, 0.3) is 0 Å². The van der Waals surface area contributed by atoms with Crippen LogP contribution in [0.3, 0.4) is 0 Å². The van der Waals surface area contributed by atoms with Crippen LogP contribution < -0.4 is 14.8 Å². The number of carbonyl (C=O) groups is 1. The number of hydrogen-bond donors (Lipinski definition) is 2. The molecule has 7 heteroatoms. The molecule has 0 saturated heterocycles. The largest absolute Gasteiger partial charge is 0.464 e. The first-order valence-electron chi connectivity index (χ1n) is 6.26. The monoisotopic (exact) mass is 308 g/mol. The van der Waals surface area contributed by atoms with Gasteiger partial charge >= 0.3 is 5.97 Å². The molecule has 2 aromatic rings. The first-order valence-corrected chi connectivity index (χ1v) is 6.64. The van der Waals surface area contributed by atoms with E-state index in [0.717, 1.165) is 11.4 Å². The maximum atomic E-state index is 11.4. The first kappa shape index (κ1) is 13.6. The van der Waals surface area contributed by atoms with Crippen molar-refractivity contribution < 1.29 is 19.0 Å². The van der Waals surface area contributed by atoms with Crippen LogP contribution in [0.1, 0.15) is 16.2 Å². The van der Waals surface area contributed by atoms with Gasteiger partial charge in [0, 0.05) is 17.8 Å². The Morgan fingerprint density at radius 1 is 1.38 bits per heavy atom. The number of hydrogen-bond acceptors (Lipinski definition) is 5. The molecule has 1 aliphatic rings. The highest BCUT2D eigenvalue weighted by atomic mass is 35.5. The Kier molecular flexibility index (Phi) is 3.62. The van der Waals surface area contributed by atoms with Crippen molar-refractivity contribution in [3.05, 3.63) is 40.7 Å². The fraction of sp³-hybridized carbons (Fsp3) is 0.214. The number of nitrogens with one attached hydrogen (secondary N) is 2. The Morgan fingerprint density at radius 3 is 2.90 bits per heavy atom. The summed E-state index contributed by atoms with van der Waals surface area (Å²) in [6, 6.07) is 6.97. The molecule has 2 heterocycles. The minimum absolute atomic E-state index is 0.203. The van der Waals surface area contributed by atoms with Gasteiger partial charge in [0.25, 0.3) is 0 Å². The van der Waals surface area contributed by atoms with Crippen molar-refractivity contribution in [2.45, 2.75) is 6.54 Å². The van der Waals surface area contributed by atoms with E-state index < -0.39 is 5.97 Å². The minimum atomic E-state index is -0.401. The van der Waals surface area contributed by atoms with Gasteiger partial charge in [0.1, 0.15) is 5.69 Å². The molecule has 0 radical (unpaired) electrons. The van der Waals surface area contributed by atoms with Crippen molar-refractivity contribution >= 4 is 23.3 Å². The molecular weight excluding hydrogens is 296 g/mol. The number of H-pyrrole nitrogens is 1. The summed E-state index contributed by atoms with van der Waals surface area (Å²) >= 11 is 6.17. The molecule has 21 heavy (non-hydrogen) atoms. The lowest BCUT2D eigenvalue weighted by Crippen LogP contribution is -2.04. The molecule has 110 valence electrons. The molecule has 1 aliphatic heterocycles. The molecule has 0 spiro atoms. The smallest absolute Gasteiger partial charge is 0.354 e. The zero-order chi connectivity index (χ0) is 14.8. The summed E-state index contributed by atoms with van der Waals surface area (Å²) in [6.07, 6.45) is 0. The maximum absolute atomic E-state index is 11.4. The van der Waals surface area contributed by atoms with Crippen molar-refractivity contribution in [3.8, 4) is 11.5 Å². The van der Waals surface area contributed by atoms with Crippen LogP contribution in [0, 0.1) is 0 Å². The van der Waals surface area contributed by atoms with Crippen molar-refractivity contribution in [1.29, 1.82) is 0 Å². The van der Waals surface area contributed by atoms with E-state index >= 15 is 0 Å². The molecule has 3 rings (SSSR count). The molecule has 0 aliphatic carbocycles. The van der Waals surface area contributed by atoms with Gasteiger partial charge in [-0.25, -0.2) is 4.79 Å². The van der Waals surface area contributed by atoms with Gasteiger partial charge in [-0.05, 0) is 12.1 Å². The van der Waals surface area contributed by atoms with Crippen molar-refractivity contribution in [3.63, 3.8) is 0 Å². The van der Waals surface area contributed by atoms with Gasteiger partial charge < -0.3 is 24.5 Å². The molecule has 1 aromatic carbocycles. The quantitative estimate of drug-likeness (QED) is 0.850. The Hall–Kier alpha value is -2.34. The highest BCUT2D eigenvalue weighted by Gasteiger charge is 2.16. The van der Waals surface area contributed by atoms with Crippen LogP contribution in [-0.2, 0) is 11.3 Å². The van der Waals surface area contributed by atoms with Gasteiger partial charge in [-0.15, -0.1) is 0 Å². The van der Waals surface area contributed by atoms with Crippen molar-refractivity contribution in [2.75, 3.05) is 19.2 Å². The summed E-state index contributed by atoms with van der Waals surface area (Å²) in [6.45, 7) is 0.685. The number of fused-ring (bicyclic) bond motifs is 1. The highest BCUT2D eigenvalue weighted by Crippen LogP contribution is 2.39. The van der Waals surface area contributed by atoms with Crippen LogP contribution in [-0.4, -0.2) is 24.9 Å². The molecule has 0 fully saturated rings. The van der Waals surface area contributed by atoms with E-state index in [-0.39, 0.29) is 6.79 Å². The second-order valence-corrected chi connectivity index (χ2v) is 4.83. The third kappa shape index (κ3) is 2.75. The van der Waals surface area contributed by atoms with Crippen LogP contribution in [0.15, 0.2) is 24.3 Å². The van der Waals surface area contributed by atoms with Crippen molar-refractivity contribution in [2.24, 2.45) is 0 Å². The molecule has 0 amide bonds. The number of anilines is 1. The van der Waals surface area contributed by atoms with Gasteiger partial charge in [0.15, 0.2) is 11.5 Å². The number of esters is 1. The molecule has 0 bridgehead atoms. The highest BCUT2D eigenvalue weighted by molar-refractivity contribution is 6.33. The number of aromatic nitrogens is 1. The predicted octanol–water partition coefficient (Wildman–Crippen LogP) is 2.80. The van der Waals surface area contributed by atoms with Crippen LogP contribution in [0.2, 0.25) is 5.02 Å². The summed E-state index contributed by atoms with van der Waals surface area (Å²) < 4.78 is 15.2. The van der Waals surface area contributed by atoms with E-state index in [1.165, 1.54) is 7.11 Å². The average Bonchev–Trinajstić information content (AvgIpc) is 3.12. The number of carbonyl (C=O) groups excluding carboxylic acids is 1. The molecule has 0 unspecified atom stereocenters. The molecule has 0 saturated carbocycles. The number of halogens is 1. The van der Waals surface area contributed by atoms with Gasteiger partial charge in [-0.2, -0.15) is 0 Å². The summed E-state index contributed by atoms with van der Waals surface area (Å²) in [5.41, 5.74) is 1.98. The van der Waals surface area contributed by atoms with E-state index in [0.29, 0.717) is 28.8 Å². The Balaban J connectivity index is 1.70. The number of aromatic amines is 1. The second-order valence-electron chi connectivity index (χ2n) is 4.43. The van der Waals surface area contributed by atoms with Crippen LogP contribution in [0.5, 0.6) is 11.5 Å². The minimum Gasteiger partial charge on any atom is -0.464 e. The van der Waals surface area contributed by atoms with E-state index in [1.807, 2.05) is 0 Å². The molecule has 1 aromatic heterocycles. The SMILES string of the molecule is COC(=O)c1ccc(CNc2cc3c(cc2Cl)OCO3)[nH]1. The Morgan fingerprint density at radius 2 is 2.14 bits per heavy atom. The number of rotatable bonds is 4. The lowest BCUT2D eigenvalue weighted by molar-refractivity contribution is 0.0594. The van der Waals surface area contributed by atoms with E-state index in [1.54, 1.807) is 24.3 Å². The van der Waals surface area contributed by atoms with Crippen molar-refractivity contribution in [1.82, 2.24) is 4.98 Å². The summed E-state index contributed by atoms with van der Waals surface area (Å²) in [4.78, 5) is 14.3. The molecular formula is C14H13ClN2O4. The summed E-state index contributed by atoms with van der Waals surface area (Å²) in [7, 11) is 1.34. The number of benzene rings is 1. The third-order valence-corrected chi connectivity index (χ3v) is 3.40. The topological polar surface area (TPSA) is 72.6 Å². The average molecular weight is 309 g/mol. The van der Waals surface area contributed by atoms with E-state index in [4.69, 9.17) is 21.1 Å². The van der Waals surface area contributed by atoms with Crippen LogP contribution >= 0.6 is 11.6 Å². The van der Waals surface area contributed by atoms with Gasteiger partial charge in [0.2, 0.25) is 6.79 Å². The van der Waals surface area contributed by atoms with E-state index in [2.05, 4.69) is 15.0 Å². The predicted molar refractivity (Wildman–Crippen MR) is 77.0 cm³/mol. The third-order valence-electron chi connectivity index (χ3n) is 3.08. The van der Waals surface area contributed by atoms with Crippen LogP contribution in [0.4, 0.5) is 5.69 Å². The Labute approximate surface area is 126 Å². The zero-order valence-corrected chi connectivity index (χ0v) is 12.0. The Bertz CT molecular complexity index is 684. The molecule has 0 atom stereocenters. The van der Waals surface area contributed by atoms with Gasteiger partial charge in [-0.3, -0.25) is 0 Å². The second kappa shape index (κ2) is 5.57. The fourth-order valence-corrected chi connectivity index (χ4v) is 2.24. The maximum Gasteiger partial charge on any atom is 0.354 e. The van der Waals surface area contributed by atoms with Gasteiger partial charge in [0.05, 0.1) is 24.4 Å². The molecule has 2 N–H and O–H groups in total. The van der Waals surface area contributed by atoms with E-state index in [9.17, 15) is 4.79 Å². The molecule has 6 nitrogen and oxygen atoms in total. The normalized spacial score (nSPS) is 12.3. The number of ether oxygens (including phenoxy) is 3. The lowest BCUT2D eigenvalue weighted by Gasteiger charge is -2.08. The lowest BCUT2D eigenvalue weighted by atomic mass is 10.2. The number of methoxy groups -OCH3 is 1. The summed E-state index contributed by atoms with van der Waals surface area (Å²) in [5.74, 6) is 0.893. The zero-order valence-electron chi connectivity index (χ0n) is 11.2. The summed E-state index contributed by atoms with van der Waals surface area (Å²) in [5, 5.41) is 3.72. The van der Waals surface area contributed by atoms with Gasteiger partial charge in [-0.1, -0.05) is 11.6 Å². The standard InChI is InChI=1S/C14H13ClN2O4/c1-19-14(18)10-3-2-8(17-10)6-16-11-5-13-12(4-9(11)15)20-7-21-13/h2-5,16-17H,6-7H2,1H3. The fourth-order valence-electron chi connectivity index (χ4n) is 2.02.